The molecule has 3 heterocycles. The predicted octanol–water partition coefficient (Wildman–Crippen LogP) is 7.80. The molecular formula is C31H25ClN4OS. The molecule has 3 aromatic carbocycles. The lowest BCUT2D eigenvalue weighted by Crippen LogP contribution is -2.30. The van der Waals surface area contributed by atoms with Crippen molar-refractivity contribution in [3.8, 4) is 17.2 Å². The summed E-state index contributed by atoms with van der Waals surface area (Å²) in [5, 5.41) is 4.93. The van der Waals surface area contributed by atoms with Crippen LogP contribution in [-0.2, 0) is 0 Å². The maximum absolute atomic E-state index is 6.34. The van der Waals surface area contributed by atoms with E-state index >= 15 is 0 Å². The van der Waals surface area contributed by atoms with E-state index in [0.717, 1.165) is 44.8 Å². The van der Waals surface area contributed by atoms with Crippen LogP contribution in [0.3, 0.4) is 0 Å². The molecule has 2 aromatic heterocycles. The average molecular weight is 537 g/mol. The van der Waals surface area contributed by atoms with E-state index in [1.807, 2.05) is 98.0 Å². The third-order valence-electron chi connectivity index (χ3n) is 6.69. The first-order valence-corrected chi connectivity index (χ1v) is 13.1. The minimum absolute atomic E-state index is 0.147. The first-order chi connectivity index (χ1) is 18.6. The zero-order chi connectivity index (χ0) is 26.1. The molecular weight excluding hydrogens is 512 g/mol. The summed E-state index contributed by atoms with van der Waals surface area (Å²) >= 11 is 12.3. The van der Waals surface area contributed by atoms with Crippen molar-refractivity contribution in [3.63, 3.8) is 0 Å². The van der Waals surface area contributed by atoms with Gasteiger partial charge in [0.05, 0.1) is 11.7 Å². The van der Waals surface area contributed by atoms with Crippen LogP contribution in [0, 0.1) is 6.92 Å². The van der Waals surface area contributed by atoms with E-state index in [4.69, 9.17) is 28.6 Å². The molecule has 0 bridgehead atoms. The first-order valence-electron chi connectivity index (χ1n) is 12.4. The van der Waals surface area contributed by atoms with Gasteiger partial charge in [-0.1, -0.05) is 35.9 Å². The number of nitrogens with one attached hydrogen (secondary N) is 1. The Balaban J connectivity index is 1.41. The third-order valence-corrected chi connectivity index (χ3v) is 7.43. The summed E-state index contributed by atoms with van der Waals surface area (Å²) in [6, 6.07) is 33.7. The van der Waals surface area contributed by atoms with Gasteiger partial charge in [0.25, 0.3) is 0 Å². The van der Waals surface area contributed by atoms with E-state index in [0.29, 0.717) is 5.11 Å². The highest BCUT2D eigenvalue weighted by Crippen LogP contribution is 2.42. The number of hydrogen-bond acceptors (Lipinski definition) is 3. The van der Waals surface area contributed by atoms with Crippen molar-refractivity contribution in [3.05, 3.63) is 137 Å². The molecule has 0 amide bonds. The summed E-state index contributed by atoms with van der Waals surface area (Å²) in [6.07, 6.45) is 3.89. The van der Waals surface area contributed by atoms with Gasteiger partial charge in [-0.15, -0.1) is 0 Å². The Kier molecular flexibility index (Phi) is 6.58. The number of pyridine rings is 1. The highest BCUT2D eigenvalue weighted by Gasteiger charge is 2.42. The predicted molar refractivity (Wildman–Crippen MR) is 156 cm³/mol. The number of aryl methyl sites for hydroxylation is 1. The Morgan fingerprint density at radius 1 is 0.842 bits per heavy atom. The minimum Gasteiger partial charge on any atom is -0.457 e. The molecule has 0 unspecified atom stereocenters. The number of anilines is 1. The van der Waals surface area contributed by atoms with Gasteiger partial charge in [0, 0.05) is 34.5 Å². The molecule has 188 valence electrons. The van der Waals surface area contributed by atoms with Crippen LogP contribution < -0.4 is 15.0 Å². The highest BCUT2D eigenvalue weighted by atomic mass is 35.5. The Hall–Kier alpha value is -4.13. The Labute approximate surface area is 232 Å². The van der Waals surface area contributed by atoms with Gasteiger partial charge in [-0.2, -0.15) is 0 Å². The minimum atomic E-state index is -0.149. The lowest BCUT2D eigenvalue weighted by atomic mass is 10.0. The second-order valence-corrected chi connectivity index (χ2v) is 9.94. The Morgan fingerprint density at radius 2 is 1.58 bits per heavy atom. The fraction of sp³-hybridized carbons (Fsp3) is 0.0968. The summed E-state index contributed by atoms with van der Waals surface area (Å²) in [6.45, 7) is 2.02. The molecule has 2 atom stereocenters. The standard InChI is InChI=1S/C31H25ClN4OS/c1-21-20-23(14-17-26(21)32)35-19-7-11-28(35)30-29(27-10-5-6-18-33-27)34-31(38)36(30)22-12-15-25(16-13-22)37-24-8-3-2-4-9-24/h2-20,29-30H,1H3,(H,34,38)/t29-,30-/m0/s1. The van der Waals surface area contributed by atoms with Crippen molar-refractivity contribution in [1.29, 1.82) is 0 Å². The number of nitrogens with zero attached hydrogens (tertiary/aromatic N) is 3. The average Bonchev–Trinajstić information content (AvgIpc) is 3.56. The maximum atomic E-state index is 6.34. The van der Waals surface area contributed by atoms with E-state index in [9.17, 15) is 0 Å². The molecule has 1 aliphatic rings. The largest absolute Gasteiger partial charge is 0.457 e. The Bertz CT molecular complexity index is 1570. The molecule has 1 aliphatic heterocycles. The van der Waals surface area contributed by atoms with Crippen LogP contribution in [0.1, 0.15) is 29.0 Å². The van der Waals surface area contributed by atoms with Crippen LogP contribution in [0.25, 0.3) is 5.69 Å². The Morgan fingerprint density at radius 3 is 2.32 bits per heavy atom. The van der Waals surface area contributed by atoms with Crippen LogP contribution in [0.4, 0.5) is 5.69 Å². The van der Waals surface area contributed by atoms with E-state index in [1.54, 1.807) is 0 Å². The fourth-order valence-corrected chi connectivity index (χ4v) is 5.35. The molecule has 5 aromatic rings. The van der Waals surface area contributed by atoms with Crippen molar-refractivity contribution in [1.82, 2.24) is 14.9 Å². The van der Waals surface area contributed by atoms with Crippen molar-refractivity contribution in [2.45, 2.75) is 19.0 Å². The van der Waals surface area contributed by atoms with Crippen molar-refractivity contribution in [2.24, 2.45) is 0 Å². The number of para-hydroxylation sites is 1. The fourth-order valence-electron chi connectivity index (χ4n) is 4.88. The van der Waals surface area contributed by atoms with Gasteiger partial charge in [-0.3, -0.25) is 4.98 Å². The molecule has 1 saturated heterocycles. The van der Waals surface area contributed by atoms with Gasteiger partial charge in [0.15, 0.2) is 5.11 Å². The number of halogens is 1. The van der Waals surface area contributed by atoms with Gasteiger partial charge >= 0.3 is 0 Å². The number of ether oxygens (including phenoxy) is 1. The molecule has 0 saturated carbocycles. The summed E-state index contributed by atoms with van der Waals surface area (Å²) in [7, 11) is 0. The third kappa shape index (κ3) is 4.64. The smallest absolute Gasteiger partial charge is 0.174 e. The molecule has 6 rings (SSSR count). The number of hydrogen-bond donors (Lipinski definition) is 1. The zero-order valence-electron chi connectivity index (χ0n) is 20.7. The van der Waals surface area contributed by atoms with E-state index in [2.05, 4.69) is 44.2 Å². The van der Waals surface area contributed by atoms with Gasteiger partial charge in [-0.05, 0) is 104 Å². The van der Waals surface area contributed by atoms with Crippen LogP contribution >= 0.6 is 23.8 Å². The second kappa shape index (κ2) is 10.3. The molecule has 0 aliphatic carbocycles. The number of thiocarbonyl (C=S) groups is 1. The lowest BCUT2D eigenvalue weighted by molar-refractivity contribution is 0.482. The second-order valence-electron chi connectivity index (χ2n) is 9.14. The molecule has 5 nitrogen and oxygen atoms in total. The monoisotopic (exact) mass is 536 g/mol. The van der Waals surface area contributed by atoms with Crippen LogP contribution in [0.5, 0.6) is 11.5 Å². The number of benzene rings is 3. The number of rotatable bonds is 6. The van der Waals surface area contributed by atoms with Crippen LogP contribution in [0.2, 0.25) is 5.02 Å². The van der Waals surface area contributed by atoms with Crippen LogP contribution in [0.15, 0.2) is 116 Å². The van der Waals surface area contributed by atoms with Gasteiger partial charge in [-0.25, -0.2) is 0 Å². The normalized spacial score (nSPS) is 16.9. The number of aromatic nitrogens is 2. The molecule has 0 spiro atoms. The van der Waals surface area contributed by atoms with E-state index < -0.39 is 0 Å². The summed E-state index contributed by atoms with van der Waals surface area (Å²) in [4.78, 5) is 6.84. The first kappa shape index (κ1) is 24.2. The van der Waals surface area contributed by atoms with Crippen molar-refractivity contribution in [2.75, 3.05) is 4.90 Å². The quantitative estimate of drug-likeness (QED) is 0.224. The zero-order valence-corrected chi connectivity index (χ0v) is 22.2. The van der Waals surface area contributed by atoms with Gasteiger partial charge in [0.1, 0.15) is 17.5 Å². The summed E-state index contributed by atoms with van der Waals surface area (Å²) in [5.74, 6) is 1.55. The van der Waals surface area contributed by atoms with E-state index in [1.165, 1.54) is 0 Å². The van der Waals surface area contributed by atoms with Crippen molar-refractivity contribution < 1.29 is 4.74 Å². The summed E-state index contributed by atoms with van der Waals surface area (Å²) < 4.78 is 8.21. The molecule has 1 N–H and O–H groups in total. The summed E-state index contributed by atoms with van der Waals surface area (Å²) in [5.41, 5.74) is 5.03. The van der Waals surface area contributed by atoms with Crippen LogP contribution in [-0.4, -0.2) is 14.7 Å². The molecule has 0 radical (unpaired) electrons. The maximum Gasteiger partial charge on any atom is 0.174 e. The molecule has 38 heavy (non-hydrogen) atoms. The SMILES string of the molecule is Cc1cc(-n2cccc2[C@H]2[C@H](c3ccccn3)NC(=S)N2c2ccc(Oc3ccccc3)cc2)ccc1Cl. The van der Waals surface area contributed by atoms with Gasteiger partial charge in [0.2, 0.25) is 0 Å². The molecule has 7 heteroatoms. The van der Waals surface area contributed by atoms with Gasteiger partial charge < -0.3 is 19.5 Å². The highest BCUT2D eigenvalue weighted by molar-refractivity contribution is 7.80. The van der Waals surface area contributed by atoms with E-state index in [-0.39, 0.29) is 12.1 Å². The van der Waals surface area contributed by atoms with Crippen molar-refractivity contribution >= 4 is 34.6 Å². The topological polar surface area (TPSA) is 42.3 Å². The lowest BCUT2D eigenvalue weighted by Gasteiger charge is -2.29. The molecule has 1 fully saturated rings.